The van der Waals surface area contributed by atoms with Gasteiger partial charge >= 0.3 is 0 Å². The minimum atomic E-state index is -0.0419. The molecule has 3 rings (SSSR count). The van der Waals surface area contributed by atoms with Crippen LogP contribution in [0.25, 0.3) is 5.69 Å². The summed E-state index contributed by atoms with van der Waals surface area (Å²) in [4.78, 5) is 12.0. The van der Waals surface area contributed by atoms with Crippen molar-refractivity contribution in [2.24, 2.45) is 0 Å². The minimum Gasteiger partial charge on any atom is -0.497 e. The fraction of sp³-hybridized carbons (Fsp3) is 0.211. The average molecular weight is 336 g/mol. The fourth-order valence-electron chi connectivity index (χ4n) is 2.40. The first-order chi connectivity index (χ1) is 12.1. The van der Waals surface area contributed by atoms with E-state index >= 15 is 0 Å². The highest BCUT2D eigenvalue weighted by atomic mass is 16.5. The molecular formula is C19H20N4O2. The van der Waals surface area contributed by atoms with Crippen LogP contribution >= 0.6 is 0 Å². The van der Waals surface area contributed by atoms with Crippen molar-refractivity contribution in [2.45, 2.75) is 19.9 Å². The third-order valence-corrected chi connectivity index (χ3v) is 3.81. The Bertz CT molecular complexity index is 856. The van der Waals surface area contributed by atoms with E-state index < -0.39 is 0 Å². The van der Waals surface area contributed by atoms with E-state index in [0.717, 1.165) is 17.0 Å². The maximum absolute atomic E-state index is 12.0. The summed E-state index contributed by atoms with van der Waals surface area (Å²) in [5.41, 5.74) is 3.71. The van der Waals surface area contributed by atoms with E-state index in [0.29, 0.717) is 18.7 Å². The van der Waals surface area contributed by atoms with Gasteiger partial charge in [-0.05, 0) is 24.6 Å². The molecule has 128 valence electrons. The summed E-state index contributed by atoms with van der Waals surface area (Å²) in [6, 6.07) is 15.5. The molecule has 0 bridgehead atoms. The summed E-state index contributed by atoms with van der Waals surface area (Å²) in [7, 11) is 1.62. The first-order valence-electron chi connectivity index (χ1n) is 8.02. The van der Waals surface area contributed by atoms with Gasteiger partial charge in [-0.2, -0.15) is 0 Å². The molecule has 0 fully saturated rings. The van der Waals surface area contributed by atoms with Crippen molar-refractivity contribution >= 4 is 5.91 Å². The SMILES string of the molecule is COc1cccc(-n2cc(CNC(=O)Cc3ccc(C)cc3)nn2)c1. The second-order valence-corrected chi connectivity index (χ2v) is 5.80. The molecule has 0 aliphatic carbocycles. The number of methoxy groups -OCH3 is 1. The third-order valence-electron chi connectivity index (χ3n) is 3.81. The van der Waals surface area contributed by atoms with Gasteiger partial charge in [0.1, 0.15) is 11.4 Å². The Labute approximate surface area is 146 Å². The molecule has 25 heavy (non-hydrogen) atoms. The molecule has 0 saturated carbocycles. The maximum atomic E-state index is 12.0. The van der Waals surface area contributed by atoms with Gasteiger partial charge in [-0.3, -0.25) is 4.79 Å². The van der Waals surface area contributed by atoms with Gasteiger partial charge in [-0.15, -0.1) is 5.10 Å². The zero-order valence-electron chi connectivity index (χ0n) is 14.3. The standard InChI is InChI=1S/C19H20N4O2/c1-14-6-8-15(9-7-14)10-19(24)20-12-16-13-23(22-21-16)17-4-3-5-18(11-17)25-2/h3-9,11,13H,10,12H2,1-2H3,(H,20,24). The highest BCUT2D eigenvalue weighted by molar-refractivity contribution is 5.78. The van der Waals surface area contributed by atoms with E-state index in [2.05, 4.69) is 15.6 Å². The smallest absolute Gasteiger partial charge is 0.224 e. The van der Waals surface area contributed by atoms with Gasteiger partial charge < -0.3 is 10.1 Å². The van der Waals surface area contributed by atoms with Crippen LogP contribution in [0.15, 0.2) is 54.7 Å². The quantitative estimate of drug-likeness (QED) is 0.751. The first-order valence-corrected chi connectivity index (χ1v) is 8.02. The number of rotatable bonds is 6. The van der Waals surface area contributed by atoms with Crippen LogP contribution in [0, 0.1) is 6.92 Å². The Hall–Kier alpha value is -3.15. The number of aryl methyl sites for hydroxylation is 1. The Morgan fingerprint density at radius 2 is 2.00 bits per heavy atom. The zero-order chi connectivity index (χ0) is 17.6. The van der Waals surface area contributed by atoms with Crippen LogP contribution in [0.3, 0.4) is 0 Å². The Kier molecular flexibility index (Phi) is 5.09. The van der Waals surface area contributed by atoms with Crippen LogP contribution in [-0.4, -0.2) is 28.0 Å². The van der Waals surface area contributed by atoms with Crippen LogP contribution in [0.1, 0.15) is 16.8 Å². The van der Waals surface area contributed by atoms with E-state index in [-0.39, 0.29) is 5.91 Å². The second-order valence-electron chi connectivity index (χ2n) is 5.80. The number of hydrogen-bond acceptors (Lipinski definition) is 4. The topological polar surface area (TPSA) is 69.0 Å². The van der Waals surface area contributed by atoms with Crippen LogP contribution in [0.4, 0.5) is 0 Å². The van der Waals surface area contributed by atoms with Gasteiger partial charge in [0.2, 0.25) is 5.91 Å². The predicted molar refractivity (Wildman–Crippen MR) is 94.6 cm³/mol. The largest absolute Gasteiger partial charge is 0.497 e. The molecular weight excluding hydrogens is 316 g/mol. The van der Waals surface area contributed by atoms with E-state index in [1.54, 1.807) is 18.0 Å². The predicted octanol–water partition coefficient (Wildman–Crippen LogP) is 2.44. The first kappa shape index (κ1) is 16.7. The van der Waals surface area contributed by atoms with Gasteiger partial charge in [0.05, 0.1) is 32.0 Å². The summed E-state index contributed by atoms with van der Waals surface area (Å²) in [6.45, 7) is 2.37. The second kappa shape index (κ2) is 7.61. The third kappa shape index (κ3) is 4.44. The molecule has 1 amide bonds. The molecule has 1 heterocycles. The van der Waals surface area contributed by atoms with Gasteiger partial charge in [0, 0.05) is 6.07 Å². The van der Waals surface area contributed by atoms with Crippen LogP contribution < -0.4 is 10.1 Å². The van der Waals surface area contributed by atoms with Crippen molar-refractivity contribution in [3.63, 3.8) is 0 Å². The lowest BCUT2D eigenvalue weighted by Gasteiger charge is -2.04. The van der Waals surface area contributed by atoms with Crippen molar-refractivity contribution in [1.29, 1.82) is 0 Å². The van der Waals surface area contributed by atoms with Gasteiger partial charge in [-0.1, -0.05) is 41.1 Å². The number of nitrogens with one attached hydrogen (secondary N) is 1. The molecule has 3 aromatic rings. The summed E-state index contributed by atoms with van der Waals surface area (Å²) in [5, 5.41) is 11.1. The van der Waals surface area contributed by atoms with Crippen LogP contribution in [0.2, 0.25) is 0 Å². The Balaban J connectivity index is 1.57. The van der Waals surface area contributed by atoms with Crippen molar-refractivity contribution in [3.05, 3.63) is 71.5 Å². The molecule has 6 heteroatoms. The summed E-state index contributed by atoms with van der Waals surface area (Å²) < 4.78 is 6.86. The lowest BCUT2D eigenvalue weighted by molar-refractivity contribution is -0.120. The number of hydrogen-bond donors (Lipinski definition) is 1. The molecule has 0 spiro atoms. The number of carbonyl (C=O) groups is 1. The highest BCUT2D eigenvalue weighted by Crippen LogP contribution is 2.15. The molecule has 6 nitrogen and oxygen atoms in total. The molecule has 0 aliphatic rings. The summed E-state index contributed by atoms with van der Waals surface area (Å²) in [6.07, 6.45) is 2.14. The van der Waals surface area contributed by atoms with Crippen molar-refractivity contribution < 1.29 is 9.53 Å². The Morgan fingerprint density at radius 1 is 1.20 bits per heavy atom. The lowest BCUT2D eigenvalue weighted by atomic mass is 10.1. The number of ether oxygens (including phenoxy) is 1. The normalized spacial score (nSPS) is 10.5. The number of carbonyl (C=O) groups excluding carboxylic acids is 1. The van der Waals surface area contributed by atoms with Crippen LogP contribution in [-0.2, 0) is 17.8 Å². The highest BCUT2D eigenvalue weighted by Gasteiger charge is 2.07. The maximum Gasteiger partial charge on any atom is 0.224 e. The number of benzene rings is 2. The van der Waals surface area contributed by atoms with E-state index in [1.165, 1.54) is 5.56 Å². The minimum absolute atomic E-state index is 0.0419. The van der Waals surface area contributed by atoms with Crippen molar-refractivity contribution in [1.82, 2.24) is 20.3 Å². The summed E-state index contributed by atoms with van der Waals surface area (Å²) in [5.74, 6) is 0.709. The molecule has 1 aromatic heterocycles. The van der Waals surface area contributed by atoms with Crippen molar-refractivity contribution in [2.75, 3.05) is 7.11 Å². The molecule has 0 unspecified atom stereocenters. The van der Waals surface area contributed by atoms with Crippen molar-refractivity contribution in [3.8, 4) is 11.4 Å². The molecule has 1 N–H and O–H groups in total. The van der Waals surface area contributed by atoms with E-state index in [1.807, 2.05) is 55.5 Å². The van der Waals surface area contributed by atoms with Gasteiger partial charge in [-0.25, -0.2) is 4.68 Å². The molecule has 2 aromatic carbocycles. The zero-order valence-corrected chi connectivity index (χ0v) is 14.3. The lowest BCUT2D eigenvalue weighted by Crippen LogP contribution is -2.24. The number of nitrogens with zero attached hydrogens (tertiary/aromatic N) is 3. The fourth-order valence-corrected chi connectivity index (χ4v) is 2.40. The van der Waals surface area contributed by atoms with E-state index in [4.69, 9.17) is 4.74 Å². The van der Waals surface area contributed by atoms with Crippen LogP contribution in [0.5, 0.6) is 5.75 Å². The Morgan fingerprint density at radius 3 is 2.76 bits per heavy atom. The van der Waals surface area contributed by atoms with Gasteiger partial charge in [0.25, 0.3) is 0 Å². The molecule has 0 atom stereocenters. The average Bonchev–Trinajstić information content (AvgIpc) is 3.11. The number of amides is 1. The monoisotopic (exact) mass is 336 g/mol. The summed E-state index contributed by atoms with van der Waals surface area (Å²) >= 11 is 0. The van der Waals surface area contributed by atoms with E-state index in [9.17, 15) is 4.79 Å². The molecule has 0 saturated heterocycles. The molecule has 0 radical (unpaired) electrons. The number of aromatic nitrogens is 3. The van der Waals surface area contributed by atoms with Gasteiger partial charge in [0.15, 0.2) is 0 Å². The molecule has 0 aliphatic heterocycles.